The minimum Gasteiger partial charge on any atom is -0.305 e. The highest BCUT2D eigenvalue weighted by atomic mass is 35.5. The van der Waals surface area contributed by atoms with Crippen molar-refractivity contribution in [1.82, 2.24) is 4.90 Å². The molecule has 84 valence electrons. The van der Waals surface area contributed by atoms with Gasteiger partial charge in [-0.3, -0.25) is 0 Å². The van der Waals surface area contributed by atoms with E-state index in [2.05, 4.69) is 25.8 Å². The van der Waals surface area contributed by atoms with Crippen molar-refractivity contribution >= 4 is 21.1 Å². The summed E-state index contributed by atoms with van der Waals surface area (Å²) in [6.45, 7) is 6.84. The zero-order chi connectivity index (χ0) is 10.8. The zero-order valence-electron chi connectivity index (χ0n) is 9.85. The Hall–Kier alpha value is 0.467. The highest BCUT2D eigenvalue weighted by molar-refractivity contribution is 6.37. The van der Waals surface area contributed by atoms with E-state index in [9.17, 15) is 0 Å². The summed E-state index contributed by atoms with van der Waals surface area (Å²) in [5.74, 6) is 0.755. The highest BCUT2D eigenvalue weighted by Gasteiger charge is 2.04. The number of rotatable bonds is 9. The normalized spacial score (nSPS) is 11.6. The number of halogens is 1. The van der Waals surface area contributed by atoms with E-state index in [1.54, 1.807) is 0 Å². The molecule has 0 heterocycles. The lowest BCUT2D eigenvalue weighted by molar-refractivity contribution is 0.355. The molecule has 0 atom stereocenters. The first-order chi connectivity index (χ1) is 6.74. The van der Waals surface area contributed by atoms with Crippen molar-refractivity contribution in [3.8, 4) is 0 Å². The van der Waals surface area contributed by atoms with Gasteiger partial charge in [0.2, 0.25) is 0 Å². The van der Waals surface area contributed by atoms with Gasteiger partial charge in [0.15, 0.2) is 0 Å². The van der Waals surface area contributed by atoms with Gasteiger partial charge in [0.25, 0.3) is 0 Å². The molecule has 0 aliphatic heterocycles. The van der Waals surface area contributed by atoms with Gasteiger partial charge in [-0.15, -0.1) is 11.6 Å². The molecule has 0 unspecified atom stereocenters. The van der Waals surface area contributed by atoms with Crippen molar-refractivity contribution in [1.29, 1.82) is 0 Å². The van der Waals surface area contributed by atoms with Crippen LogP contribution in [0.3, 0.4) is 0 Å². The molecule has 0 N–H and O–H groups in total. The Morgan fingerprint density at radius 3 is 2.36 bits per heavy atom. The summed E-state index contributed by atoms with van der Waals surface area (Å²) in [7, 11) is 3.32. The standard InChI is InChI=1S/C11H24ClNSi/c1-4-11(5-2)14-10-6-8-13(3)9-7-12/h11H,4-10H2,1-3H3. The number of alkyl halides is 1. The molecule has 0 amide bonds. The summed E-state index contributed by atoms with van der Waals surface area (Å²) in [4.78, 5) is 2.32. The molecule has 0 rings (SSSR count). The van der Waals surface area contributed by atoms with Crippen LogP contribution in [0.15, 0.2) is 0 Å². The fourth-order valence-electron chi connectivity index (χ4n) is 1.49. The molecule has 0 aliphatic carbocycles. The smallest absolute Gasteiger partial charge is 0.0413 e. The summed E-state index contributed by atoms with van der Waals surface area (Å²) < 4.78 is 0. The number of hydrogen-bond donors (Lipinski definition) is 0. The second kappa shape index (κ2) is 10.0. The molecule has 1 nitrogen and oxygen atoms in total. The van der Waals surface area contributed by atoms with Crippen LogP contribution in [-0.4, -0.2) is 40.4 Å². The molecule has 0 saturated carbocycles. The van der Waals surface area contributed by atoms with Gasteiger partial charge in [-0.2, -0.15) is 0 Å². The van der Waals surface area contributed by atoms with Crippen molar-refractivity contribution in [2.75, 3.05) is 26.0 Å². The third-order valence-electron chi connectivity index (χ3n) is 2.60. The summed E-state index contributed by atoms with van der Waals surface area (Å²) >= 11 is 5.66. The number of hydrogen-bond acceptors (Lipinski definition) is 1. The Labute approximate surface area is 97.0 Å². The topological polar surface area (TPSA) is 3.24 Å². The van der Waals surface area contributed by atoms with Crippen LogP contribution >= 0.6 is 11.6 Å². The fraction of sp³-hybridized carbons (Fsp3) is 1.00. The van der Waals surface area contributed by atoms with E-state index < -0.39 is 0 Å². The highest BCUT2D eigenvalue weighted by Crippen LogP contribution is 2.15. The van der Waals surface area contributed by atoms with Gasteiger partial charge in [-0.25, -0.2) is 0 Å². The average molecular weight is 234 g/mol. The van der Waals surface area contributed by atoms with E-state index in [-0.39, 0.29) is 0 Å². The monoisotopic (exact) mass is 233 g/mol. The lowest BCUT2D eigenvalue weighted by Gasteiger charge is -2.15. The maximum absolute atomic E-state index is 5.66. The molecule has 0 spiro atoms. The molecule has 0 bridgehead atoms. The van der Waals surface area contributed by atoms with E-state index in [1.807, 2.05) is 0 Å². The van der Waals surface area contributed by atoms with Crippen LogP contribution in [0.5, 0.6) is 0 Å². The van der Waals surface area contributed by atoms with Gasteiger partial charge in [-0.1, -0.05) is 32.7 Å². The van der Waals surface area contributed by atoms with Crippen LogP contribution in [0.4, 0.5) is 0 Å². The molecule has 0 saturated heterocycles. The second-order valence-electron chi connectivity index (χ2n) is 3.81. The van der Waals surface area contributed by atoms with Crippen molar-refractivity contribution in [2.24, 2.45) is 0 Å². The zero-order valence-corrected chi connectivity index (χ0v) is 11.6. The Morgan fingerprint density at radius 2 is 1.86 bits per heavy atom. The second-order valence-corrected chi connectivity index (χ2v) is 5.92. The van der Waals surface area contributed by atoms with Gasteiger partial charge >= 0.3 is 0 Å². The Balaban J connectivity index is 3.27. The van der Waals surface area contributed by atoms with E-state index >= 15 is 0 Å². The van der Waals surface area contributed by atoms with Gasteiger partial charge < -0.3 is 4.90 Å². The molecule has 14 heavy (non-hydrogen) atoms. The first kappa shape index (κ1) is 14.5. The molecular formula is C11H24ClNSi. The predicted octanol–water partition coefficient (Wildman–Crippen LogP) is 3.28. The molecule has 0 aromatic rings. The average Bonchev–Trinajstić information content (AvgIpc) is 2.19. The van der Waals surface area contributed by atoms with Gasteiger partial charge in [0, 0.05) is 21.9 Å². The van der Waals surface area contributed by atoms with Crippen LogP contribution in [-0.2, 0) is 0 Å². The molecule has 0 fully saturated rings. The quantitative estimate of drug-likeness (QED) is 0.336. The number of nitrogens with zero attached hydrogens (tertiary/aromatic N) is 1. The first-order valence-corrected chi connectivity index (χ1v) is 7.54. The van der Waals surface area contributed by atoms with Crippen molar-refractivity contribution in [2.45, 2.75) is 44.7 Å². The first-order valence-electron chi connectivity index (χ1n) is 5.72. The predicted molar refractivity (Wildman–Crippen MR) is 67.7 cm³/mol. The minimum absolute atomic E-state index is 0.755. The molecule has 0 aliphatic rings. The fourth-order valence-corrected chi connectivity index (χ4v) is 3.12. The van der Waals surface area contributed by atoms with E-state index in [0.29, 0.717) is 0 Å². The molecule has 0 aromatic carbocycles. The van der Waals surface area contributed by atoms with Crippen molar-refractivity contribution < 1.29 is 0 Å². The largest absolute Gasteiger partial charge is 0.305 e. The third-order valence-corrected chi connectivity index (χ3v) is 4.81. The van der Waals surface area contributed by atoms with Crippen molar-refractivity contribution in [3.05, 3.63) is 0 Å². The molecule has 3 heteroatoms. The Kier molecular flexibility index (Phi) is 10.3. The van der Waals surface area contributed by atoms with Crippen molar-refractivity contribution in [3.63, 3.8) is 0 Å². The van der Waals surface area contributed by atoms with E-state index in [4.69, 9.17) is 11.6 Å². The lowest BCUT2D eigenvalue weighted by atomic mass is 10.3. The van der Waals surface area contributed by atoms with Gasteiger partial charge in [0.1, 0.15) is 0 Å². The van der Waals surface area contributed by atoms with Gasteiger partial charge in [-0.05, 0) is 25.6 Å². The van der Waals surface area contributed by atoms with Crippen LogP contribution in [0.25, 0.3) is 0 Å². The maximum atomic E-state index is 5.66. The minimum atomic E-state index is 0.755. The van der Waals surface area contributed by atoms with Gasteiger partial charge in [0.05, 0.1) is 0 Å². The Morgan fingerprint density at radius 1 is 1.21 bits per heavy atom. The Bertz CT molecular complexity index is 118. The van der Waals surface area contributed by atoms with E-state index in [0.717, 1.165) is 18.0 Å². The third kappa shape index (κ3) is 7.83. The molecule has 0 aromatic heterocycles. The SMILES string of the molecule is CCC(CC)[Si]CCCN(C)CCCl. The lowest BCUT2D eigenvalue weighted by Crippen LogP contribution is -2.22. The summed E-state index contributed by atoms with van der Waals surface area (Å²) in [5.41, 5.74) is 0.980. The molecule has 2 radical (unpaired) electrons. The van der Waals surface area contributed by atoms with Crippen LogP contribution in [0.1, 0.15) is 33.1 Å². The van der Waals surface area contributed by atoms with Crippen LogP contribution < -0.4 is 0 Å². The van der Waals surface area contributed by atoms with E-state index in [1.165, 1.54) is 41.4 Å². The van der Waals surface area contributed by atoms with Crippen LogP contribution in [0, 0.1) is 0 Å². The maximum Gasteiger partial charge on any atom is 0.0413 e. The molecular weight excluding hydrogens is 210 g/mol. The summed E-state index contributed by atoms with van der Waals surface area (Å²) in [6, 6.07) is 1.40. The summed E-state index contributed by atoms with van der Waals surface area (Å²) in [6.07, 6.45) is 4.04. The summed E-state index contributed by atoms with van der Waals surface area (Å²) in [5, 5.41) is 0. The van der Waals surface area contributed by atoms with Crippen LogP contribution in [0.2, 0.25) is 11.6 Å².